The number of morpholine rings is 1. The van der Waals surface area contributed by atoms with E-state index in [9.17, 15) is 13.3 Å². The molecule has 0 aromatic carbocycles. The molecule has 0 bridgehead atoms. The summed E-state index contributed by atoms with van der Waals surface area (Å²) in [5, 5.41) is 12.6. The minimum Gasteiger partial charge on any atom is -0.579 e. The highest BCUT2D eigenvalue weighted by molar-refractivity contribution is 7.86. The number of imidazole rings is 1. The summed E-state index contributed by atoms with van der Waals surface area (Å²) >= 11 is -1.52. The number of nitrogens with one attached hydrogen (secondary N) is 2. The molecule has 4 heterocycles. The Hall–Kier alpha value is -2.45. The van der Waals surface area contributed by atoms with E-state index in [-0.39, 0.29) is 0 Å². The molecule has 0 radical (unpaired) electrons. The van der Waals surface area contributed by atoms with E-state index in [2.05, 4.69) is 19.9 Å². The molecule has 2 fully saturated rings. The molecule has 0 saturated carbocycles. The topological polar surface area (TPSA) is 143 Å². The normalized spacial score (nSPS) is 20.1. The molecule has 2 aromatic rings. The number of H-pyrrole nitrogens is 1. The van der Waals surface area contributed by atoms with Crippen molar-refractivity contribution in [2.75, 3.05) is 37.7 Å². The number of alkyl halides is 2. The van der Waals surface area contributed by atoms with Crippen LogP contribution >= 0.6 is 0 Å². The van der Waals surface area contributed by atoms with Crippen LogP contribution in [0, 0.1) is 5.41 Å². The Kier molecular flexibility index (Phi) is 5.79. The van der Waals surface area contributed by atoms with Crippen molar-refractivity contribution in [1.82, 2.24) is 24.2 Å². The number of aromatic nitrogens is 4. The monoisotopic (exact) mass is 438 g/mol. The van der Waals surface area contributed by atoms with Crippen molar-refractivity contribution in [3.05, 3.63) is 30.5 Å². The van der Waals surface area contributed by atoms with Crippen molar-refractivity contribution in [3.8, 4) is 11.4 Å². The fraction of sp³-hybridized carbons (Fsp3) is 0.412. The van der Waals surface area contributed by atoms with Crippen molar-refractivity contribution in [2.45, 2.75) is 12.0 Å². The number of anilines is 1. The Bertz CT molecular complexity index is 947. The highest BCUT2D eigenvalue weighted by Crippen LogP contribution is 2.33. The third-order valence-electron chi connectivity index (χ3n) is 4.93. The number of nitrogens with zero attached hydrogens (tertiary/aromatic N) is 5. The maximum Gasteiger partial charge on any atom is 0.279 e. The number of aromatic amines is 1. The fourth-order valence-corrected chi connectivity index (χ4v) is 4.04. The van der Waals surface area contributed by atoms with Crippen molar-refractivity contribution >= 4 is 29.2 Å². The Morgan fingerprint density at radius 2 is 2.17 bits per heavy atom. The summed E-state index contributed by atoms with van der Waals surface area (Å²) in [4.78, 5) is 17.6. The lowest BCUT2D eigenvalue weighted by Gasteiger charge is -2.53. The summed E-state index contributed by atoms with van der Waals surface area (Å²) < 4.78 is 43.9. The smallest absolute Gasteiger partial charge is 0.279 e. The highest BCUT2D eigenvalue weighted by atomic mass is 32.2. The third kappa shape index (κ3) is 4.34. The van der Waals surface area contributed by atoms with Crippen LogP contribution in [0.5, 0.6) is 0 Å². The molecule has 1 unspecified atom stereocenters. The molecule has 30 heavy (non-hydrogen) atoms. The third-order valence-corrected chi connectivity index (χ3v) is 5.75. The standard InChI is InChI=1S/C17H20F2N8O2S/c18-16(19)11(20)1-2-14-22-6-13(25-14)12-5-15(24-10-23-12)26-7-17(8-26)9-27(30(21)28)3-4-29-17/h1-2,5-6,10,16,20H,3-4,7-9,21H2,(H,22,25)/b2-1-,20-11?. The van der Waals surface area contributed by atoms with Gasteiger partial charge in [-0.3, -0.25) is 5.41 Å². The SMILES string of the molecule is N=C(/C=C\c1ncc(-c2cc(N3CC4(C3)CN([S+](N)[O-])CCO4)ncn2)[nH]1)C(F)F. The van der Waals surface area contributed by atoms with Gasteiger partial charge in [-0.25, -0.2) is 23.7 Å². The Morgan fingerprint density at radius 3 is 2.90 bits per heavy atom. The number of hydrogen-bond donors (Lipinski definition) is 3. The van der Waals surface area contributed by atoms with Gasteiger partial charge in [0.25, 0.3) is 6.43 Å². The summed E-state index contributed by atoms with van der Waals surface area (Å²) in [5.74, 6) is 1.04. The number of ether oxygens (including phenoxy) is 1. The zero-order valence-corrected chi connectivity index (χ0v) is 16.6. The number of allylic oxidation sites excluding steroid dienone is 1. The molecule has 2 saturated heterocycles. The molecular weight excluding hydrogens is 418 g/mol. The van der Waals surface area contributed by atoms with Gasteiger partial charge in [0.1, 0.15) is 35.1 Å². The molecule has 1 spiro atoms. The molecule has 10 nitrogen and oxygen atoms in total. The largest absolute Gasteiger partial charge is 0.579 e. The van der Waals surface area contributed by atoms with Crippen molar-refractivity contribution in [3.63, 3.8) is 0 Å². The molecule has 2 aromatic heterocycles. The van der Waals surface area contributed by atoms with E-state index < -0.39 is 29.3 Å². The van der Waals surface area contributed by atoms with Gasteiger partial charge < -0.3 is 19.2 Å². The molecule has 4 rings (SSSR count). The molecular formula is C17H20F2N8O2S. The van der Waals surface area contributed by atoms with Crippen LogP contribution < -0.4 is 10.0 Å². The second kappa shape index (κ2) is 8.35. The first-order valence-electron chi connectivity index (χ1n) is 9.07. The Labute approximate surface area is 174 Å². The van der Waals surface area contributed by atoms with Crippen LogP contribution in [0.15, 0.2) is 24.7 Å². The molecule has 4 N–H and O–H groups in total. The minimum atomic E-state index is -2.83. The first kappa shape index (κ1) is 20.8. The van der Waals surface area contributed by atoms with E-state index in [1.54, 1.807) is 10.4 Å². The summed E-state index contributed by atoms with van der Waals surface area (Å²) in [7, 11) is 0. The zero-order valence-electron chi connectivity index (χ0n) is 15.8. The zero-order chi connectivity index (χ0) is 21.3. The fourth-order valence-electron chi connectivity index (χ4n) is 3.43. The minimum absolute atomic E-state index is 0.337. The van der Waals surface area contributed by atoms with E-state index in [0.717, 1.165) is 6.08 Å². The van der Waals surface area contributed by atoms with Gasteiger partial charge in [0.15, 0.2) is 0 Å². The molecule has 0 aliphatic carbocycles. The average molecular weight is 438 g/mol. The van der Waals surface area contributed by atoms with Gasteiger partial charge in [0, 0.05) is 6.07 Å². The lowest BCUT2D eigenvalue weighted by Crippen LogP contribution is -2.71. The summed E-state index contributed by atoms with van der Waals surface area (Å²) in [6.45, 7) is 2.68. The average Bonchev–Trinajstić information content (AvgIpc) is 3.19. The van der Waals surface area contributed by atoms with Crippen molar-refractivity contribution in [1.29, 1.82) is 5.41 Å². The molecule has 2 aliphatic heterocycles. The Balaban J connectivity index is 1.43. The summed E-state index contributed by atoms with van der Waals surface area (Å²) in [6, 6.07) is 1.79. The first-order chi connectivity index (χ1) is 14.3. The second-order valence-electron chi connectivity index (χ2n) is 7.06. The van der Waals surface area contributed by atoms with Crippen LogP contribution in [-0.2, 0) is 16.3 Å². The van der Waals surface area contributed by atoms with E-state index in [0.29, 0.717) is 55.8 Å². The number of hydrogen-bond acceptors (Lipinski definition) is 9. The summed E-state index contributed by atoms with van der Waals surface area (Å²) in [5.41, 5.74) is -0.0209. The van der Waals surface area contributed by atoms with Gasteiger partial charge in [-0.15, -0.1) is 9.44 Å². The van der Waals surface area contributed by atoms with Crippen molar-refractivity contribution in [2.24, 2.45) is 5.14 Å². The highest BCUT2D eigenvalue weighted by Gasteiger charge is 2.50. The van der Waals surface area contributed by atoms with Crippen LogP contribution in [-0.4, -0.2) is 79.3 Å². The number of nitrogens with two attached hydrogens (primary N) is 1. The van der Waals surface area contributed by atoms with Gasteiger partial charge >= 0.3 is 0 Å². The van der Waals surface area contributed by atoms with Gasteiger partial charge in [-0.2, -0.15) is 0 Å². The predicted molar refractivity (Wildman–Crippen MR) is 107 cm³/mol. The van der Waals surface area contributed by atoms with Gasteiger partial charge in [0.2, 0.25) is 0 Å². The van der Waals surface area contributed by atoms with Gasteiger partial charge in [-0.1, -0.05) is 0 Å². The van der Waals surface area contributed by atoms with E-state index in [1.165, 1.54) is 18.6 Å². The molecule has 160 valence electrons. The molecule has 0 amide bonds. The maximum atomic E-state index is 12.4. The van der Waals surface area contributed by atoms with Crippen LogP contribution in [0.1, 0.15) is 5.82 Å². The summed E-state index contributed by atoms with van der Waals surface area (Å²) in [6.07, 6.45) is 2.45. The Morgan fingerprint density at radius 1 is 1.37 bits per heavy atom. The van der Waals surface area contributed by atoms with E-state index in [1.807, 2.05) is 4.90 Å². The second-order valence-corrected chi connectivity index (χ2v) is 8.13. The first-order valence-corrected chi connectivity index (χ1v) is 10.2. The predicted octanol–water partition coefficient (Wildman–Crippen LogP) is 0.593. The van der Waals surface area contributed by atoms with Crippen LogP contribution in [0.4, 0.5) is 14.6 Å². The molecule has 2 aliphatic rings. The number of rotatable bonds is 6. The van der Waals surface area contributed by atoms with Crippen LogP contribution in [0.25, 0.3) is 17.5 Å². The van der Waals surface area contributed by atoms with Crippen LogP contribution in [0.3, 0.4) is 0 Å². The molecule has 1 atom stereocenters. The number of halogens is 2. The lowest BCUT2D eigenvalue weighted by atomic mass is 9.92. The maximum absolute atomic E-state index is 12.4. The lowest BCUT2D eigenvalue weighted by molar-refractivity contribution is -0.105. The van der Waals surface area contributed by atoms with E-state index in [4.69, 9.17) is 15.3 Å². The van der Waals surface area contributed by atoms with Gasteiger partial charge in [0.05, 0.1) is 56.1 Å². The van der Waals surface area contributed by atoms with E-state index >= 15 is 0 Å². The van der Waals surface area contributed by atoms with Crippen LogP contribution in [0.2, 0.25) is 0 Å². The van der Waals surface area contributed by atoms with Gasteiger partial charge in [-0.05, 0) is 12.2 Å². The molecule has 13 heteroatoms. The van der Waals surface area contributed by atoms with Crippen molar-refractivity contribution < 1.29 is 18.1 Å². The quantitative estimate of drug-likeness (QED) is 0.439.